The maximum Gasteiger partial charge on any atom is 0.126 e. The van der Waals surface area contributed by atoms with Crippen LogP contribution in [0.3, 0.4) is 0 Å². The topological polar surface area (TPSA) is 12.0 Å². The van der Waals surface area contributed by atoms with Crippen LogP contribution in [0.2, 0.25) is 0 Å². The third-order valence-electron chi connectivity index (χ3n) is 3.73. The molecule has 2 aromatic carbocycles. The van der Waals surface area contributed by atoms with Crippen LogP contribution in [0.5, 0.6) is 0 Å². The van der Waals surface area contributed by atoms with Crippen molar-refractivity contribution in [3.05, 3.63) is 68.4 Å². The molecule has 1 atom stereocenters. The molecule has 21 heavy (non-hydrogen) atoms. The molecule has 0 radical (unpaired) electrons. The summed E-state index contributed by atoms with van der Waals surface area (Å²) < 4.78 is 15.0. The SMILES string of the molecule is CCNC(c1cc(C)c(Br)c(C)c1)c1ccc(C)c(F)c1. The van der Waals surface area contributed by atoms with Gasteiger partial charge in [-0.3, -0.25) is 0 Å². The van der Waals surface area contributed by atoms with E-state index in [0.717, 1.165) is 16.6 Å². The molecular weight excluding hydrogens is 329 g/mol. The van der Waals surface area contributed by atoms with E-state index in [4.69, 9.17) is 0 Å². The zero-order valence-electron chi connectivity index (χ0n) is 12.9. The van der Waals surface area contributed by atoms with Crippen LogP contribution in [0.4, 0.5) is 4.39 Å². The van der Waals surface area contributed by atoms with Crippen molar-refractivity contribution in [3.63, 3.8) is 0 Å². The molecule has 0 saturated heterocycles. The summed E-state index contributed by atoms with van der Waals surface area (Å²) in [5, 5.41) is 3.45. The molecule has 0 aromatic heterocycles. The van der Waals surface area contributed by atoms with Gasteiger partial charge < -0.3 is 5.32 Å². The second-order valence-corrected chi connectivity index (χ2v) is 6.26. The molecule has 0 fully saturated rings. The third-order valence-corrected chi connectivity index (χ3v) is 4.98. The molecule has 0 aliphatic carbocycles. The van der Waals surface area contributed by atoms with Gasteiger partial charge in [0.2, 0.25) is 0 Å². The normalized spacial score (nSPS) is 12.5. The predicted molar refractivity (Wildman–Crippen MR) is 90.3 cm³/mol. The molecule has 112 valence electrons. The van der Waals surface area contributed by atoms with Crippen LogP contribution in [-0.4, -0.2) is 6.54 Å². The van der Waals surface area contributed by atoms with Gasteiger partial charge >= 0.3 is 0 Å². The van der Waals surface area contributed by atoms with Gasteiger partial charge in [-0.1, -0.05) is 47.1 Å². The van der Waals surface area contributed by atoms with Crippen molar-refractivity contribution in [1.82, 2.24) is 5.32 Å². The highest BCUT2D eigenvalue weighted by atomic mass is 79.9. The number of halogens is 2. The predicted octanol–water partition coefficient (Wildman–Crippen LogP) is 5.21. The van der Waals surface area contributed by atoms with Gasteiger partial charge in [0, 0.05) is 4.47 Å². The van der Waals surface area contributed by atoms with Crippen molar-refractivity contribution >= 4 is 15.9 Å². The molecule has 3 heteroatoms. The quantitative estimate of drug-likeness (QED) is 0.798. The fourth-order valence-corrected chi connectivity index (χ4v) is 2.80. The average Bonchev–Trinajstić information content (AvgIpc) is 2.45. The summed E-state index contributed by atoms with van der Waals surface area (Å²) in [4.78, 5) is 0. The Morgan fingerprint density at radius 3 is 2.14 bits per heavy atom. The van der Waals surface area contributed by atoms with Gasteiger partial charge in [0.1, 0.15) is 5.82 Å². The molecule has 1 N–H and O–H groups in total. The van der Waals surface area contributed by atoms with Crippen LogP contribution >= 0.6 is 15.9 Å². The van der Waals surface area contributed by atoms with Crippen LogP contribution in [0.25, 0.3) is 0 Å². The van der Waals surface area contributed by atoms with Crippen LogP contribution in [-0.2, 0) is 0 Å². The average molecular weight is 350 g/mol. The van der Waals surface area contributed by atoms with Gasteiger partial charge in [-0.15, -0.1) is 0 Å². The van der Waals surface area contributed by atoms with Gasteiger partial charge in [0.25, 0.3) is 0 Å². The van der Waals surface area contributed by atoms with E-state index in [9.17, 15) is 4.39 Å². The smallest absolute Gasteiger partial charge is 0.126 e. The molecular formula is C18H21BrFN. The second-order valence-electron chi connectivity index (χ2n) is 5.47. The minimum atomic E-state index is -0.152. The molecule has 0 heterocycles. The maximum atomic E-state index is 13.9. The summed E-state index contributed by atoms with van der Waals surface area (Å²) in [6, 6.07) is 9.79. The minimum absolute atomic E-state index is 0.00981. The van der Waals surface area contributed by atoms with E-state index in [1.54, 1.807) is 13.0 Å². The highest BCUT2D eigenvalue weighted by Crippen LogP contribution is 2.29. The molecule has 0 aliphatic rings. The van der Waals surface area contributed by atoms with E-state index in [1.807, 2.05) is 12.1 Å². The van der Waals surface area contributed by atoms with Gasteiger partial charge in [-0.2, -0.15) is 0 Å². The Morgan fingerprint density at radius 1 is 1.00 bits per heavy atom. The Balaban J connectivity index is 2.50. The number of nitrogens with one attached hydrogen (secondary N) is 1. The zero-order chi connectivity index (χ0) is 15.6. The number of hydrogen-bond acceptors (Lipinski definition) is 1. The Kier molecular flexibility index (Phi) is 5.17. The van der Waals surface area contributed by atoms with Gasteiger partial charge in [0.05, 0.1) is 6.04 Å². The molecule has 0 aliphatic heterocycles. The largest absolute Gasteiger partial charge is 0.307 e. The minimum Gasteiger partial charge on any atom is -0.307 e. The monoisotopic (exact) mass is 349 g/mol. The fourth-order valence-electron chi connectivity index (χ4n) is 2.57. The summed E-state index contributed by atoms with van der Waals surface area (Å²) in [5.41, 5.74) is 5.19. The Morgan fingerprint density at radius 2 is 1.62 bits per heavy atom. The lowest BCUT2D eigenvalue weighted by atomic mass is 9.95. The van der Waals surface area contributed by atoms with Crippen LogP contribution in [0, 0.1) is 26.6 Å². The Bertz CT molecular complexity index is 629. The van der Waals surface area contributed by atoms with E-state index < -0.39 is 0 Å². The Labute approximate surface area is 134 Å². The number of hydrogen-bond donors (Lipinski definition) is 1. The zero-order valence-corrected chi connectivity index (χ0v) is 14.5. The fraction of sp³-hybridized carbons (Fsp3) is 0.333. The van der Waals surface area contributed by atoms with Crippen molar-refractivity contribution in [1.29, 1.82) is 0 Å². The first-order valence-electron chi connectivity index (χ1n) is 7.20. The lowest BCUT2D eigenvalue weighted by molar-refractivity contribution is 0.597. The van der Waals surface area contributed by atoms with Gasteiger partial charge in [-0.05, 0) is 61.2 Å². The first-order valence-corrected chi connectivity index (χ1v) is 7.99. The van der Waals surface area contributed by atoms with Crippen molar-refractivity contribution in [2.45, 2.75) is 33.7 Å². The summed E-state index contributed by atoms with van der Waals surface area (Å²) in [7, 11) is 0. The number of rotatable bonds is 4. The van der Waals surface area contributed by atoms with E-state index in [1.165, 1.54) is 16.7 Å². The van der Waals surface area contributed by atoms with Crippen molar-refractivity contribution in [3.8, 4) is 0 Å². The van der Waals surface area contributed by atoms with E-state index >= 15 is 0 Å². The van der Waals surface area contributed by atoms with E-state index in [2.05, 4.69) is 54.2 Å². The highest BCUT2D eigenvalue weighted by Gasteiger charge is 2.16. The van der Waals surface area contributed by atoms with Crippen molar-refractivity contribution in [2.24, 2.45) is 0 Å². The molecule has 2 aromatic rings. The van der Waals surface area contributed by atoms with Gasteiger partial charge in [0.15, 0.2) is 0 Å². The number of benzene rings is 2. The molecule has 1 nitrogen and oxygen atoms in total. The standard InChI is InChI=1S/C18H21BrFN/c1-5-21-18(14-7-6-11(2)16(20)10-14)15-8-12(3)17(19)13(4)9-15/h6-10,18,21H,5H2,1-4H3. The molecule has 0 bridgehead atoms. The summed E-state index contributed by atoms with van der Waals surface area (Å²) in [5.74, 6) is -0.152. The number of aryl methyl sites for hydroxylation is 3. The van der Waals surface area contributed by atoms with E-state index in [0.29, 0.717) is 5.56 Å². The van der Waals surface area contributed by atoms with Gasteiger partial charge in [-0.25, -0.2) is 4.39 Å². The van der Waals surface area contributed by atoms with Crippen LogP contribution in [0.15, 0.2) is 34.8 Å². The third kappa shape index (κ3) is 3.53. The summed E-state index contributed by atoms with van der Waals surface area (Å²) >= 11 is 3.60. The van der Waals surface area contributed by atoms with Crippen molar-refractivity contribution < 1.29 is 4.39 Å². The summed E-state index contributed by atoms with van der Waals surface area (Å²) in [6.45, 7) is 8.85. The molecule has 2 rings (SSSR count). The Hall–Kier alpha value is -1.19. The van der Waals surface area contributed by atoms with Crippen LogP contribution in [0.1, 0.15) is 40.8 Å². The first-order chi connectivity index (χ1) is 9.93. The molecule has 0 saturated carbocycles. The molecule has 0 spiro atoms. The molecule has 0 amide bonds. The van der Waals surface area contributed by atoms with E-state index in [-0.39, 0.29) is 11.9 Å². The second kappa shape index (κ2) is 6.71. The highest BCUT2D eigenvalue weighted by molar-refractivity contribution is 9.10. The lowest BCUT2D eigenvalue weighted by Crippen LogP contribution is -2.22. The lowest BCUT2D eigenvalue weighted by Gasteiger charge is -2.21. The first kappa shape index (κ1) is 16.2. The van der Waals surface area contributed by atoms with Crippen LogP contribution < -0.4 is 5.32 Å². The van der Waals surface area contributed by atoms with Crippen molar-refractivity contribution in [2.75, 3.05) is 6.54 Å². The molecule has 1 unspecified atom stereocenters. The maximum absolute atomic E-state index is 13.9. The summed E-state index contributed by atoms with van der Waals surface area (Å²) in [6.07, 6.45) is 0.